The number of H-pyrrole nitrogens is 1. The second-order valence-electron chi connectivity index (χ2n) is 7.32. The van der Waals surface area contributed by atoms with E-state index < -0.39 is 10.8 Å². The van der Waals surface area contributed by atoms with Crippen LogP contribution in [0.3, 0.4) is 0 Å². The van der Waals surface area contributed by atoms with Gasteiger partial charge in [0.1, 0.15) is 11.2 Å². The largest absolute Gasteiger partial charge is 0.368 e. The van der Waals surface area contributed by atoms with Crippen molar-refractivity contribution in [1.29, 1.82) is 0 Å². The number of fused-ring (bicyclic) bond motifs is 1. The fourth-order valence-corrected chi connectivity index (χ4v) is 3.94. The molecule has 2 aromatic carbocycles. The molecule has 0 aliphatic carbocycles. The third-order valence-electron chi connectivity index (χ3n) is 5.41. The molecule has 1 aliphatic heterocycles. The number of carbonyl (C=O) groups excluding carboxylic acids is 2. The van der Waals surface area contributed by atoms with E-state index in [-0.39, 0.29) is 23.3 Å². The highest BCUT2D eigenvalue weighted by atomic mass is 16.6. The first-order chi connectivity index (χ1) is 14.4. The van der Waals surface area contributed by atoms with Gasteiger partial charge in [-0.3, -0.25) is 24.6 Å². The summed E-state index contributed by atoms with van der Waals surface area (Å²) in [4.78, 5) is 40.1. The van der Waals surface area contributed by atoms with Crippen LogP contribution in [-0.2, 0) is 11.3 Å². The Morgan fingerprint density at radius 1 is 1.23 bits per heavy atom. The highest BCUT2D eigenvalue weighted by Gasteiger charge is 2.29. The summed E-state index contributed by atoms with van der Waals surface area (Å²) < 4.78 is 0. The lowest BCUT2D eigenvalue weighted by Crippen LogP contribution is -2.39. The van der Waals surface area contributed by atoms with Gasteiger partial charge >= 0.3 is 0 Å². The lowest BCUT2D eigenvalue weighted by Gasteiger charge is -2.23. The first-order valence-corrected chi connectivity index (χ1v) is 9.63. The summed E-state index contributed by atoms with van der Waals surface area (Å²) in [6.45, 7) is 1.25. The van der Waals surface area contributed by atoms with Crippen LogP contribution in [0, 0.1) is 10.1 Å². The Morgan fingerprint density at radius 2 is 2.03 bits per heavy atom. The third kappa shape index (κ3) is 3.74. The Hall–Kier alpha value is -3.72. The fourth-order valence-electron chi connectivity index (χ4n) is 3.94. The highest BCUT2D eigenvalue weighted by molar-refractivity contribution is 6.07. The van der Waals surface area contributed by atoms with E-state index >= 15 is 0 Å². The predicted octanol–water partition coefficient (Wildman–Crippen LogP) is 2.78. The van der Waals surface area contributed by atoms with Crippen molar-refractivity contribution in [2.75, 3.05) is 11.9 Å². The number of hydrogen-bond acceptors (Lipinski definition) is 5. The Morgan fingerprint density at radius 3 is 2.80 bits per heavy atom. The zero-order chi connectivity index (χ0) is 21.3. The van der Waals surface area contributed by atoms with E-state index in [4.69, 9.17) is 5.73 Å². The highest BCUT2D eigenvalue weighted by Crippen LogP contribution is 2.27. The summed E-state index contributed by atoms with van der Waals surface area (Å²) in [6.07, 6.45) is 1.63. The smallest absolute Gasteiger partial charge is 0.293 e. The summed E-state index contributed by atoms with van der Waals surface area (Å²) >= 11 is 0. The van der Waals surface area contributed by atoms with Crippen LogP contribution in [0.25, 0.3) is 10.9 Å². The minimum atomic E-state index is -0.485. The summed E-state index contributed by atoms with van der Waals surface area (Å²) in [5.74, 6) is -0.741. The van der Waals surface area contributed by atoms with E-state index in [0.717, 1.165) is 24.9 Å². The van der Waals surface area contributed by atoms with Gasteiger partial charge in [0.25, 0.3) is 11.6 Å². The van der Waals surface area contributed by atoms with Crippen molar-refractivity contribution in [3.05, 3.63) is 69.9 Å². The molecule has 1 aliphatic rings. The van der Waals surface area contributed by atoms with Gasteiger partial charge in [-0.2, -0.15) is 0 Å². The van der Waals surface area contributed by atoms with Crippen LogP contribution >= 0.6 is 0 Å². The summed E-state index contributed by atoms with van der Waals surface area (Å²) in [5, 5.41) is 14.7. The first-order valence-electron chi connectivity index (χ1n) is 9.63. The molecule has 3 aromatic rings. The number of benzene rings is 2. The monoisotopic (exact) mass is 407 g/mol. The van der Waals surface area contributed by atoms with E-state index in [0.29, 0.717) is 23.1 Å². The van der Waals surface area contributed by atoms with Crippen LogP contribution in [0.4, 0.5) is 11.4 Å². The van der Waals surface area contributed by atoms with Gasteiger partial charge in [-0.25, -0.2) is 0 Å². The van der Waals surface area contributed by atoms with Crippen molar-refractivity contribution in [3.63, 3.8) is 0 Å². The topological polar surface area (TPSA) is 134 Å². The zero-order valence-electron chi connectivity index (χ0n) is 16.1. The number of carbonyl (C=O) groups is 2. The molecule has 9 nitrogen and oxygen atoms in total. The number of likely N-dealkylation sites (tertiary alicyclic amines) is 1. The molecule has 0 saturated carbocycles. The molecule has 30 heavy (non-hydrogen) atoms. The lowest BCUT2D eigenvalue weighted by molar-refractivity contribution is -0.383. The van der Waals surface area contributed by atoms with E-state index in [2.05, 4.69) is 10.3 Å². The molecule has 2 heterocycles. The van der Waals surface area contributed by atoms with E-state index in [1.807, 2.05) is 23.1 Å². The van der Waals surface area contributed by atoms with Gasteiger partial charge < -0.3 is 16.0 Å². The van der Waals surface area contributed by atoms with Gasteiger partial charge in [-0.15, -0.1) is 0 Å². The molecular formula is C21H21N5O4. The number of aromatic amines is 1. The van der Waals surface area contributed by atoms with Crippen LogP contribution in [0.15, 0.2) is 48.5 Å². The number of nitro benzene ring substituents is 1. The Balaban J connectivity index is 1.57. The molecule has 4 rings (SSSR count). The molecule has 2 amide bonds. The molecule has 1 atom stereocenters. The van der Waals surface area contributed by atoms with Crippen LogP contribution < -0.4 is 11.1 Å². The average Bonchev–Trinajstić information content (AvgIpc) is 3.36. The molecule has 0 unspecified atom stereocenters. The van der Waals surface area contributed by atoms with Crippen LogP contribution in [0.5, 0.6) is 0 Å². The van der Waals surface area contributed by atoms with Crippen molar-refractivity contribution < 1.29 is 14.5 Å². The maximum Gasteiger partial charge on any atom is 0.293 e. The SMILES string of the molecule is NC(=O)[C@@H]1CCCN1Cc1ccccc1NC(=O)c1cc2cccc([N+](=O)[O-])c2[nH]1. The lowest BCUT2D eigenvalue weighted by atomic mass is 10.1. The normalized spacial score (nSPS) is 16.6. The van der Waals surface area contributed by atoms with Crippen molar-refractivity contribution in [1.82, 2.24) is 9.88 Å². The second kappa shape index (κ2) is 7.96. The standard InChI is InChI=1S/C21H21N5O4/c22-20(27)18-9-4-10-25(18)12-14-5-1-2-7-15(14)24-21(28)16-11-13-6-3-8-17(26(29)30)19(13)23-16/h1-3,5-8,11,18,23H,4,9-10,12H2,(H2,22,27)(H,24,28)/t18-/m0/s1. The number of nitrogens with zero attached hydrogens (tertiary/aromatic N) is 2. The Bertz CT molecular complexity index is 1140. The zero-order valence-corrected chi connectivity index (χ0v) is 16.1. The molecule has 154 valence electrons. The van der Waals surface area contributed by atoms with Gasteiger partial charge in [0.05, 0.1) is 11.0 Å². The minimum absolute atomic E-state index is 0.0847. The molecule has 1 saturated heterocycles. The molecule has 0 bridgehead atoms. The molecule has 4 N–H and O–H groups in total. The van der Waals surface area contributed by atoms with Crippen LogP contribution in [0.1, 0.15) is 28.9 Å². The van der Waals surface area contributed by atoms with Crippen molar-refractivity contribution >= 4 is 34.1 Å². The molecule has 1 aromatic heterocycles. The maximum atomic E-state index is 12.8. The summed E-state index contributed by atoms with van der Waals surface area (Å²) in [6, 6.07) is 13.3. The van der Waals surface area contributed by atoms with Crippen LogP contribution in [0.2, 0.25) is 0 Å². The Labute approximate surface area is 172 Å². The number of nitrogens with two attached hydrogens (primary N) is 1. The van der Waals surface area contributed by atoms with E-state index in [1.165, 1.54) is 6.07 Å². The van der Waals surface area contributed by atoms with Crippen LogP contribution in [-0.4, -0.2) is 39.2 Å². The minimum Gasteiger partial charge on any atom is -0.368 e. The number of primary amides is 1. The quantitative estimate of drug-likeness (QED) is 0.427. The number of hydrogen-bond donors (Lipinski definition) is 3. The van der Waals surface area contributed by atoms with Gasteiger partial charge in [0, 0.05) is 23.7 Å². The number of anilines is 1. The summed E-state index contributed by atoms with van der Waals surface area (Å²) in [5.41, 5.74) is 7.43. The Kier molecular flexibility index (Phi) is 5.20. The van der Waals surface area contributed by atoms with E-state index in [1.54, 1.807) is 24.3 Å². The number of nitro groups is 1. The van der Waals surface area contributed by atoms with Crippen molar-refractivity contribution in [2.24, 2.45) is 5.73 Å². The number of nitrogens with one attached hydrogen (secondary N) is 2. The second-order valence-corrected chi connectivity index (χ2v) is 7.32. The van der Waals surface area contributed by atoms with E-state index in [9.17, 15) is 19.7 Å². The predicted molar refractivity (Wildman–Crippen MR) is 112 cm³/mol. The third-order valence-corrected chi connectivity index (χ3v) is 5.41. The van der Waals surface area contributed by atoms with Crippen molar-refractivity contribution in [3.8, 4) is 0 Å². The molecule has 9 heteroatoms. The first kappa shape index (κ1) is 19.6. The molecule has 0 spiro atoms. The summed E-state index contributed by atoms with van der Waals surface area (Å²) in [7, 11) is 0. The number of aromatic nitrogens is 1. The fraction of sp³-hybridized carbons (Fsp3) is 0.238. The molecular weight excluding hydrogens is 386 g/mol. The molecule has 1 fully saturated rings. The van der Waals surface area contributed by atoms with Gasteiger partial charge in [0.15, 0.2) is 0 Å². The average molecular weight is 407 g/mol. The van der Waals surface area contributed by atoms with Gasteiger partial charge in [-0.1, -0.05) is 30.3 Å². The van der Waals surface area contributed by atoms with Gasteiger partial charge in [-0.05, 0) is 37.1 Å². The number of non-ortho nitro benzene ring substituents is 1. The number of para-hydroxylation sites is 2. The number of amides is 2. The van der Waals surface area contributed by atoms with Gasteiger partial charge in [0.2, 0.25) is 5.91 Å². The van der Waals surface area contributed by atoms with Crippen molar-refractivity contribution in [2.45, 2.75) is 25.4 Å². The number of rotatable bonds is 6. The molecule has 0 radical (unpaired) electrons. The maximum absolute atomic E-state index is 12.8.